The Hall–Kier alpha value is -3.23. The zero-order valence-electron chi connectivity index (χ0n) is 15.4. The number of aryl methyl sites for hydroxylation is 1. The second-order valence-electron chi connectivity index (χ2n) is 6.34. The fraction of sp³-hybridized carbons (Fsp3) is 0.333. The number of benzene rings is 1. The standard InChI is InChI=1S/C18H21FN6O2/c1-4-8-23(3)16-17-22-25(18(27)24(17)9-7-20-16)11-15(26)21-14-6-5-12(2)10-13(14)19/h5-7,9-10H,4,8,11H2,1-3H3,(H,21,26). The second-order valence-corrected chi connectivity index (χ2v) is 6.34. The minimum absolute atomic E-state index is 0.0625. The fourth-order valence-electron chi connectivity index (χ4n) is 2.80. The van der Waals surface area contributed by atoms with Crippen LogP contribution in [0.1, 0.15) is 18.9 Å². The van der Waals surface area contributed by atoms with E-state index in [9.17, 15) is 14.0 Å². The van der Waals surface area contributed by atoms with Gasteiger partial charge in [-0.15, -0.1) is 5.10 Å². The van der Waals surface area contributed by atoms with Crippen LogP contribution in [0.4, 0.5) is 15.9 Å². The largest absolute Gasteiger partial charge is 0.357 e. The van der Waals surface area contributed by atoms with Gasteiger partial charge in [-0.25, -0.2) is 23.3 Å². The molecule has 9 heteroatoms. The van der Waals surface area contributed by atoms with Crippen LogP contribution in [-0.4, -0.2) is 38.7 Å². The minimum Gasteiger partial charge on any atom is -0.357 e. The summed E-state index contributed by atoms with van der Waals surface area (Å²) in [6.45, 7) is 4.22. The van der Waals surface area contributed by atoms with Crippen molar-refractivity contribution in [1.29, 1.82) is 0 Å². The summed E-state index contributed by atoms with van der Waals surface area (Å²) in [4.78, 5) is 31.0. The Bertz CT molecular complexity index is 1040. The first-order valence-electron chi connectivity index (χ1n) is 8.62. The van der Waals surface area contributed by atoms with Crippen molar-refractivity contribution in [3.05, 3.63) is 52.5 Å². The van der Waals surface area contributed by atoms with Crippen molar-refractivity contribution in [2.45, 2.75) is 26.8 Å². The van der Waals surface area contributed by atoms with Crippen molar-refractivity contribution < 1.29 is 9.18 Å². The molecule has 1 amide bonds. The normalized spacial score (nSPS) is 11.0. The number of rotatable bonds is 6. The van der Waals surface area contributed by atoms with E-state index in [2.05, 4.69) is 15.4 Å². The van der Waals surface area contributed by atoms with Crippen molar-refractivity contribution in [3.8, 4) is 0 Å². The van der Waals surface area contributed by atoms with Crippen molar-refractivity contribution in [2.24, 2.45) is 0 Å². The number of nitrogens with one attached hydrogen (secondary N) is 1. The molecule has 0 atom stereocenters. The SMILES string of the molecule is CCCN(C)c1nccn2c(=O)n(CC(=O)Nc3ccc(C)cc3F)nc12. The second kappa shape index (κ2) is 7.56. The molecule has 1 aromatic carbocycles. The van der Waals surface area contributed by atoms with Crippen molar-refractivity contribution in [1.82, 2.24) is 19.2 Å². The molecular weight excluding hydrogens is 351 g/mol. The maximum absolute atomic E-state index is 13.9. The van der Waals surface area contributed by atoms with Crippen LogP contribution in [0.25, 0.3) is 5.65 Å². The molecule has 0 unspecified atom stereocenters. The molecule has 2 heterocycles. The van der Waals surface area contributed by atoms with Crippen LogP contribution < -0.4 is 15.9 Å². The molecular formula is C18H21FN6O2. The van der Waals surface area contributed by atoms with E-state index in [0.717, 1.165) is 23.2 Å². The number of nitrogens with zero attached hydrogens (tertiary/aromatic N) is 5. The van der Waals surface area contributed by atoms with Gasteiger partial charge in [0.15, 0.2) is 5.82 Å². The quantitative estimate of drug-likeness (QED) is 0.714. The molecule has 0 radical (unpaired) electrons. The van der Waals surface area contributed by atoms with Crippen LogP contribution in [0.2, 0.25) is 0 Å². The van der Waals surface area contributed by atoms with Crippen molar-refractivity contribution >= 4 is 23.1 Å². The van der Waals surface area contributed by atoms with E-state index < -0.39 is 17.4 Å². The van der Waals surface area contributed by atoms with Gasteiger partial charge in [0, 0.05) is 26.0 Å². The first kappa shape index (κ1) is 18.6. The van der Waals surface area contributed by atoms with Crippen molar-refractivity contribution in [3.63, 3.8) is 0 Å². The molecule has 0 fully saturated rings. The molecule has 3 rings (SSSR count). The topological polar surface area (TPSA) is 84.5 Å². The lowest BCUT2D eigenvalue weighted by atomic mass is 10.2. The number of anilines is 2. The number of amides is 1. The summed E-state index contributed by atoms with van der Waals surface area (Å²) < 4.78 is 16.3. The van der Waals surface area contributed by atoms with E-state index in [-0.39, 0.29) is 12.2 Å². The van der Waals surface area contributed by atoms with E-state index in [1.807, 2.05) is 18.9 Å². The Balaban J connectivity index is 1.86. The van der Waals surface area contributed by atoms with Gasteiger partial charge in [-0.05, 0) is 31.0 Å². The van der Waals surface area contributed by atoms with E-state index in [1.165, 1.54) is 28.9 Å². The highest BCUT2D eigenvalue weighted by atomic mass is 19.1. The van der Waals surface area contributed by atoms with Crippen molar-refractivity contribution in [2.75, 3.05) is 23.8 Å². The minimum atomic E-state index is -0.542. The molecule has 0 aliphatic rings. The summed E-state index contributed by atoms with van der Waals surface area (Å²) in [5, 5.41) is 6.71. The van der Waals surface area contributed by atoms with Gasteiger partial charge in [0.05, 0.1) is 5.69 Å². The molecule has 8 nitrogen and oxygen atoms in total. The highest BCUT2D eigenvalue weighted by Crippen LogP contribution is 2.16. The summed E-state index contributed by atoms with van der Waals surface area (Å²) in [7, 11) is 1.86. The predicted molar refractivity (Wildman–Crippen MR) is 101 cm³/mol. The molecule has 0 bridgehead atoms. The average molecular weight is 372 g/mol. The Labute approximate surface area is 155 Å². The van der Waals surface area contributed by atoms with Gasteiger partial charge < -0.3 is 10.2 Å². The maximum atomic E-state index is 13.9. The summed E-state index contributed by atoms with van der Waals surface area (Å²) in [5.74, 6) is -0.516. The Morgan fingerprint density at radius 3 is 2.85 bits per heavy atom. The smallest absolute Gasteiger partial charge is 0.350 e. The summed E-state index contributed by atoms with van der Waals surface area (Å²) in [6.07, 6.45) is 3.93. The van der Waals surface area contributed by atoms with Crippen LogP contribution in [-0.2, 0) is 11.3 Å². The number of aromatic nitrogens is 4. The molecule has 2 aromatic heterocycles. The number of carbonyl (C=O) groups is 1. The van der Waals surface area contributed by atoms with E-state index in [0.29, 0.717) is 11.5 Å². The number of hydrogen-bond donors (Lipinski definition) is 1. The highest BCUT2D eigenvalue weighted by molar-refractivity contribution is 5.90. The summed E-state index contributed by atoms with van der Waals surface area (Å²) in [6, 6.07) is 4.50. The number of fused-ring (bicyclic) bond motifs is 1. The number of hydrogen-bond acceptors (Lipinski definition) is 5. The van der Waals surface area contributed by atoms with E-state index in [4.69, 9.17) is 0 Å². The lowest BCUT2D eigenvalue weighted by Gasteiger charge is -2.16. The summed E-state index contributed by atoms with van der Waals surface area (Å²) >= 11 is 0. The number of carbonyl (C=O) groups excluding carboxylic acids is 1. The molecule has 0 spiro atoms. The predicted octanol–water partition coefficient (Wildman–Crippen LogP) is 1.82. The van der Waals surface area contributed by atoms with Gasteiger partial charge in [-0.1, -0.05) is 13.0 Å². The third kappa shape index (κ3) is 3.81. The molecule has 1 N–H and O–H groups in total. The van der Waals surface area contributed by atoms with E-state index in [1.54, 1.807) is 13.0 Å². The van der Waals surface area contributed by atoms with Gasteiger partial charge in [0.25, 0.3) is 0 Å². The fourth-order valence-corrected chi connectivity index (χ4v) is 2.80. The average Bonchev–Trinajstić information content (AvgIpc) is 2.93. The molecule has 0 saturated heterocycles. The van der Waals surface area contributed by atoms with Crippen LogP contribution >= 0.6 is 0 Å². The van der Waals surface area contributed by atoms with Gasteiger partial charge in [0.2, 0.25) is 11.6 Å². The first-order valence-corrected chi connectivity index (χ1v) is 8.62. The Morgan fingerprint density at radius 1 is 1.37 bits per heavy atom. The third-order valence-corrected chi connectivity index (χ3v) is 4.10. The highest BCUT2D eigenvalue weighted by Gasteiger charge is 2.16. The molecule has 0 aliphatic heterocycles. The van der Waals surface area contributed by atoms with Gasteiger partial charge in [-0.3, -0.25) is 4.79 Å². The van der Waals surface area contributed by atoms with Gasteiger partial charge >= 0.3 is 5.69 Å². The zero-order valence-corrected chi connectivity index (χ0v) is 15.4. The van der Waals surface area contributed by atoms with Crippen LogP contribution in [0.15, 0.2) is 35.4 Å². The van der Waals surface area contributed by atoms with Gasteiger partial charge in [0.1, 0.15) is 12.4 Å². The van der Waals surface area contributed by atoms with E-state index >= 15 is 0 Å². The van der Waals surface area contributed by atoms with Crippen LogP contribution in [0.5, 0.6) is 0 Å². The summed E-state index contributed by atoms with van der Waals surface area (Å²) in [5.41, 5.74) is 0.719. The molecule has 27 heavy (non-hydrogen) atoms. The Kier molecular flexibility index (Phi) is 5.20. The molecule has 0 aliphatic carbocycles. The third-order valence-electron chi connectivity index (χ3n) is 4.10. The Morgan fingerprint density at radius 2 is 2.15 bits per heavy atom. The van der Waals surface area contributed by atoms with Crippen LogP contribution in [0.3, 0.4) is 0 Å². The molecule has 142 valence electrons. The lowest BCUT2D eigenvalue weighted by Crippen LogP contribution is -2.28. The number of halogens is 1. The maximum Gasteiger partial charge on any atom is 0.350 e. The zero-order chi connectivity index (χ0) is 19.6. The molecule has 0 saturated carbocycles. The van der Waals surface area contributed by atoms with Crippen LogP contribution in [0, 0.1) is 12.7 Å². The monoisotopic (exact) mass is 372 g/mol. The lowest BCUT2D eigenvalue weighted by molar-refractivity contribution is -0.117. The van der Waals surface area contributed by atoms with Gasteiger partial charge in [-0.2, -0.15) is 0 Å². The first-order chi connectivity index (χ1) is 12.9. The molecule has 3 aromatic rings.